The highest BCUT2D eigenvalue weighted by Crippen LogP contribution is 2.03. The summed E-state index contributed by atoms with van der Waals surface area (Å²) in [4.78, 5) is 0. The van der Waals surface area contributed by atoms with Gasteiger partial charge in [-0.05, 0) is 45.4 Å². The number of hydrogen-bond acceptors (Lipinski definition) is 3. The molecule has 0 aliphatic carbocycles. The zero-order chi connectivity index (χ0) is 11.0. The molecular formula is C11H19N3. The van der Waals surface area contributed by atoms with Crippen molar-refractivity contribution < 1.29 is 0 Å². The van der Waals surface area contributed by atoms with Gasteiger partial charge in [-0.25, -0.2) is 0 Å². The molecule has 0 aromatic rings. The smallest absolute Gasteiger partial charge is 0.00966 e. The minimum atomic E-state index is 0.290. The van der Waals surface area contributed by atoms with Crippen LogP contribution in [0.1, 0.15) is 45.4 Å². The van der Waals surface area contributed by atoms with E-state index in [4.69, 9.17) is 23.2 Å². The average Bonchev–Trinajstić information content (AvgIpc) is 2.22. The average molecular weight is 193 g/mol. The molecular weight excluding hydrogens is 174 g/mol. The molecule has 3 N–H and O–H groups in total. The predicted octanol–water partition coefficient (Wildman–Crippen LogP) is 3.12. The SMILES string of the molecule is [CH]CC(=N)CCC(=N)CCC(=N)CC. The number of hydrogen-bond donors (Lipinski definition) is 3. The van der Waals surface area contributed by atoms with E-state index in [1.807, 2.05) is 6.92 Å². The van der Waals surface area contributed by atoms with Crippen molar-refractivity contribution in [2.24, 2.45) is 0 Å². The molecule has 0 aromatic heterocycles. The summed E-state index contributed by atoms with van der Waals surface area (Å²) >= 11 is 0. The molecule has 3 heteroatoms. The Hall–Kier alpha value is -0.990. The molecule has 2 radical (unpaired) electrons. The van der Waals surface area contributed by atoms with Crippen molar-refractivity contribution in [3.05, 3.63) is 6.92 Å². The van der Waals surface area contributed by atoms with Crippen LogP contribution >= 0.6 is 0 Å². The second-order valence-corrected chi connectivity index (χ2v) is 3.37. The molecule has 0 unspecified atom stereocenters. The fourth-order valence-electron chi connectivity index (χ4n) is 1.01. The third kappa shape index (κ3) is 6.52. The van der Waals surface area contributed by atoms with Crippen LogP contribution in [0.15, 0.2) is 0 Å². The monoisotopic (exact) mass is 193 g/mol. The fraction of sp³-hybridized carbons (Fsp3) is 0.636. The first-order valence-corrected chi connectivity index (χ1v) is 4.99. The van der Waals surface area contributed by atoms with Gasteiger partial charge in [0, 0.05) is 17.1 Å². The van der Waals surface area contributed by atoms with Gasteiger partial charge in [-0.1, -0.05) is 6.92 Å². The highest BCUT2D eigenvalue weighted by Gasteiger charge is 2.01. The van der Waals surface area contributed by atoms with E-state index in [2.05, 4.69) is 0 Å². The molecule has 0 heterocycles. The van der Waals surface area contributed by atoms with Gasteiger partial charge in [0.2, 0.25) is 0 Å². The third-order valence-electron chi connectivity index (χ3n) is 2.13. The maximum Gasteiger partial charge on any atom is 0.00966 e. The van der Waals surface area contributed by atoms with Gasteiger partial charge in [-0.2, -0.15) is 0 Å². The van der Waals surface area contributed by atoms with E-state index in [-0.39, 0.29) is 6.42 Å². The van der Waals surface area contributed by atoms with Gasteiger partial charge >= 0.3 is 0 Å². The number of rotatable bonds is 8. The summed E-state index contributed by atoms with van der Waals surface area (Å²) in [6, 6.07) is 0. The summed E-state index contributed by atoms with van der Waals surface area (Å²) in [7, 11) is 0. The summed E-state index contributed by atoms with van der Waals surface area (Å²) in [5.74, 6) is 0. The summed E-state index contributed by atoms with van der Waals surface area (Å²) in [5, 5.41) is 22.3. The molecule has 0 aliphatic rings. The van der Waals surface area contributed by atoms with Crippen LogP contribution in [-0.4, -0.2) is 17.1 Å². The highest BCUT2D eigenvalue weighted by atomic mass is 14.4. The molecule has 0 spiro atoms. The Morgan fingerprint density at radius 1 is 0.857 bits per heavy atom. The molecule has 0 saturated heterocycles. The molecule has 0 fully saturated rings. The van der Waals surface area contributed by atoms with Crippen LogP contribution in [0, 0.1) is 23.2 Å². The van der Waals surface area contributed by atoms with Gasteiger partial charge in [-0.15, -0.1) is 0 Å². The third-order valence-corrected chi connectivity index (χ3v) is 2.13. The molecule has 0 amide bonds. The van der Waals surface area contributed by atoms with Crippen LogP contribution in [0.25, 0.3) is 0 Å². The van der Waals surface area contributed by atoms with Crippen molar-refractivity contribution >= 4 is 17.1 Å². The van der Waals surface area contributed by atoms with Gasteiger partial charge < -0.3 is 16.2 Å². The van der Waals surface area contributed by atoms with Crippen molar-refractivity contribution in [3.8, 4) is 0 Å². The van der Waals surface area contributed by atoms with E-state index < -0.39 is 0 Å². The molecule has 3 nitrogen and oxygen atoms in total. The molecule has 78 valence electrons. The van der Waals surface area contributed by atoms with E-state index in [1.54, 1.807) is 0 Å². The maximum atomic E-state index is 7.59. The van der Waals surface area contributed by atoms with Crippen molar-refractivity contribution in [1.82, 2.24) is 0 Å². The van der Waals surface area contributed by atoms with Crippen molar-refractivity contribution in [3.63, 3.8) is 0 Å². The van der Waals surface area contributed by atoms with Crippen molar-refractivity contribution in [2.75, 3.05) is 0 Å². The lowest BCUT2D eigenvalue weighted by molar-refractivity contribution is 0.988. The van der Waals surface area contributed by atoms with Crippen molar-refractivity contribution in [2.45, 2.75) is 45.4 Å². The van der Waals surface area contributed by atoms with Crippen molar-refractivity contribution in [1.29, 1.82) is 16.2 Å². The summed E-state index contributed by atoms with van der Waals surface area (Å²) in [6.07, 6.45) is 3.61. The van der Waals surface area contributed by atoms with Crippen LogP contribution in [0.2, 0.25) is 0 Å². The first-order valence-electron chi connectivity index (χ1n) is 4.99. The topological polar surface area (TPSA) is 71.6 Å². The second-order valence-electron chi connectivity index (χ2n) is 3.37. The summed E-state index contributed by atoms with van der Waals surface area (Å²) in [6.45, 7) is 7.23. The zero-order valence-electron chi connectivity index (χ0n) is 8.82. The van der Waals surface area contributed by atoms with E-state index in [9.17, 15) is 0 Å². The quantitative estimate of drug-likeness (QED) is 0.496. The first-order chi connectivity index (χ1) is 6.60. The lowest BCUT2D eigenvalue weighted by Crippen LogP contribution is -2.04. The van der Waals surface area contributed by atoms with Crippen LogP contribution in [0.3, 0.4) is 0 Å². The molecule has 0 aromatic carbocycles. The number of nitrogens with one attached hydrogen (secondary N) is 3. The Labute approximate surface area is 86.4 Å². The molecule has 0 atom stereocenters. The van der Waals surface area contributed by atoms with Gasteiger partial charge in [0.05, 0.1) is 0 Å². The Morgan fingerprint density at radius 3 is 1.71 bits per heavy atom. The Balaban J connectivity index is 3.56. The summed E-state index contributed by atoms with van der Waals surface area (Å²) in [5.41, 5.74) is 1.82. The fourth-order valence-corrected chi connectivity index (χ4v) is 1.01. The molecule has 0 bridgehead atoms. The van der Waals surface area contributed by atoms with E-state index in [0.29, 0.717) is 42.8 Å². The van der Waals surface area contributed by atoms with E-state index in [1.165, 1.54) is 0 Å². The van der Waals surface area contributed by atoms with Crippen LogP contribution < -0.4 is 0 Å². The highest BCUT2D eigenvalue weighted by molar-refractivity contribution is 5.91. The van der Waals surface area contributed by atoms with Crippen LogP contribution in [0.5, 0.6) is 0 Å². The zero-order valence-corrected chi connectivity index (χ0v) is 8.82. The minimum absolute atomic E-state index is 0.290. The largest absolute Gasteiger partial charge is 0.310 e. The van der Waals surface area contributed by atoms with E-state index >= 15 is 0 Å². The van der Waals surface area contributed by atoms with Crippen LogP contribution in [-0.2, 0) is 0 Å². The molecule has 14 heavy (non-hydrogen) atoms. The first kappa shape index (κ1) is 13.0. The lowest BCUT2D eigenvalue weighted by atomic mass is 10.0. The molecule has 0 aliphatic heterocycles. The molecule has 0 rings (SSSR count). The normalized spacial score (nSPS) is 9.86. The van der Waals surface area contributed by atoms with Gasteiger partial charge in [-0.3, -0.25) is 0 Å². The van der Waals surface area contributed by atoms with Gasteiger partial charge in [0.25, 0.3) is 0 Å². The maximum absolute atomic E-state index is 7.59. The predicted molar refractivity (Wildman–Crippen MR) is 60.9 cm³/mol. The minimum Gasteiger partial charge on any atom is -0.310 e. The Kier molecular flexibility index (Phi) is 6.89. The van der Waals surface area contributed by atoms with Gasteiger partial charge in [0.1, 0.15) is 0 Å². The molecule has 0 saturated carbocycles. The Morgan fingerprint density at radius 2 is 1.29 bits per heavy atom. The summed E-state index contributed by atoms with van der Waals surface area (Å²) < 4.78 is 0. The van der Waals surface area contributed by atoms with Gasteiger partial charge in [0.15, 0.2) is 0 Å². The standard InChI is InChI=1S/C11H19N3/c1-3-9(12)5-7-11(14)8-6-10(13)4-2/h1,12-14H,3-8H2,2H3. The van der Waals surface area contributed by atoms with E-state index in [0.717, 1.165) is 6.42 Å². The van der Waals surface area contributed by atoms with Crippen LogP contribution in [0.4, 0.5) is 0 Å². The lowest BCUT2D eigenvalue weighted by Gasteiger charge is -2.04. The Bertz CT molecular complexity index is 197. The second kappa shape index (κ2) is 7.42.